The van der Waals surface area contributed by atoms with Crippen LogP contribution < -0.4 is 5.32 Å². The van der Waals surface area contributed by atoms with Gasteiger partial charge in [-0.05, 0) is 18.2 Å². The molecule has 0 saturated carbocycles. The van der Waals surface area contributed by atoms with Crippen LogP contribution in [-0.2, 0) is 4.74 Å². The molecule has 1 aliphatic rings. The third-order valence-corrected chi connectivity index (χ3v) is 2.85. The van der Waals surface area contributed by atoms with Gasteiger partial charge in [0, 0.05) is 30.9 Å². The predicted octanol–water partition coefficient (Wildman–Crippen LogP) is 0.563. The molecule has 0 aromatic heterocycles. The van der Waals surface area contributed by atoms with E-state index < -0.39 is 0 Å². The van der Waals surface area contributed by atoms with Crippen molar-refractivity contribution in [1.82, 2.24) is 4.90 Å². The van der Waals surface area contributed by atoms with Crippen molar-refractivity contribution < 1.29 is 14.6 Å². The van der Waals surface area contributed by atoms with Crippen LogP contribution in [0.4, 0.5) is 5.69 Å². The Balaban J connectivity index is 2.04. The Morgan fingerprint density at radius 1 is 1.39 bits per heavy atom. The van der Waals surface area contributed by atoms with Gasteiger partial charge in [-0.2, -0.15) is 0 Å². The fraction of sp³-hybridized carbons (Fsp3) is 0.462. The Kier molecular flexibility index (Phi) is 4.55. The second-order valence-corrected chi connectivity index (χ2v) is 4.14. The molecule has 18 heavy (non-hydrogen) atoms. The van der Waals surface area contributed by atoms with Crippen molar-refractivity contribution in [2.45, 2.75) is 0 Å². The van der Waals surface area contributed by atoms with Gasteiger partial charge in [-0.25, -0.2) is 0 Å². The topological polar surface area (TPSA) is 61.8 Å². The van der Waals surface area contributed by atoms with Crippen molar-refractivity contribution in [3.63, 3.8) is 0 Å². The van der Waals surface area contributed by atoms with Gasteiger partial charge in [-0.1, -0.05) is 6.07 Å². The largest absolute Gasteiger partial charge is 0.395 e. The molecular formula is C13H18N2O3. The minimum absolute atomic E-state index is 0.0333. The van der Waals surface area contributed by atoms with Gasteiger partial charge in [0.2, 0.25) is 0 Å². The number of hydrogen-bond acceptors (Lipinski definition) is 4. The number of morpholine rings is 1. The molecule has 1 aliphatic heterocycles. The van der Waals surface area contributed by atoms with Crippen molar-refractivity contribution >= 4 is 11.6 Å². The molecule has 0 atom stereocenters. The van der Waals surface area contributed by atoms with E-state index in [4.69, 9.17) is 9.84 Å². The Morgan fingerprint density at radius 2 is 2.17 bits per heavy atom. The average molecular weight is 250 g/mol. The highest BCUT2D eigenvalue weighted by atomic mass is 16.5. The van der Waals surface area contributed by atoms with E-state index in [0.717, 1.165) is 5.69 Å². The summed E-state index contributed by atoms with van der Waals surface area (Å²) in [5.41, 5.74) is 1.52. The van der Waals surface area contributed by atoms with Crippen molar-refractivity contribution in [3.8, 4) is 0 Å². The van der Waals surface area contributed by atoms with Crippen molar-refractivity contribution in [1.29, 1.82) is 0 Å². The third kappa shape index (κ3) is 3.21. The Hall–Kier alpha value is -1.59. The molecule has 5 heteroatoms. The number of aliphatic hydroxyl groups is 1. The first-order valence-electron chi connectivity index (χ1n) is 6.13. The van der Waals surface area contributed by atoms with Crippen LogP contribution in [-0.4, -0.2) is 55.4 Å². The Morgan fingerprint density at radius 3 is 2.89 bits per heavy atom. The fourth-order valence-corrected chi connectivity index (χ4v) is 1.91. The molecule has 0 aliphatic carbocycles. The van der Waals surface area contributed by atoms with E-state index in [2.05, 4.69) is 5.32 Å². The molecule has 0 radical (unpaired) electrons. The van der Waals surface area contributed by atoms with Crippen LogP contribution >= 0.6 is 0 Å². The smallest absolute Gasteiger partial charge is 0.254 e. The number of anilines is 1. The molecule has 0 unspecified atom stereocenters. The van der Waals surface area contributed by atoms with Gasteiger partial charge in [0.15, 0.2) is 0 Å². The van der Waals surface area contributed by atoms with Gasteiger partial charge in [-0.15, -0.1) is 0 Å². The van der Waals surface area contributed by atoms with Crippen LogP contribution in [0.25, 0.3) is 0 Å². The van der Waals surface area contributed by atoms with Gasteiger partial charge >= 0.3 is 0 Å². The maximum atomic E-state index is 12.2. The highest BCUT2D eigenvalue weighted by Gasteiger charge is 2.18. The van der Waals surface area contributed by atoms with Crippen LogP contribution in [0.5, 0.6) is 0 Å². The van der Waals surface area contributed by atoms with E-state index >= 15 is 0 Å². The fourth-order valence-electron chi connectivity index (χ4n) is 1.91. The maximum Gasteiger partial charge on any atom is 0.254 e. The van der Waals surface area contributed by atoms with Crippen LogP contribution in [0.3, 0.4) is 0 Å². The summed E-state index contributed by atoms with van der Waals surface area (Å²) in [4.78, 5) is 14.0. The average Bonchev–Trinajstić information content (AvgIpc) is 2.45. The summed E-state index contributed by atoms with van der Waals surface area (Å²) >= 11 is 0. The van der Waals surface area contributed by atoms with Gasteiger partial charge in [0.25, 0.3) is 5.91 Å². The van der Waals surface area contributed by atoms with Crippen molar-refractivity contribution in [2.75, 3.05) is 44.8 Å². The standard InChI is InChI=1S/C13H18N2O3/c16-7-4-14-12-3-1-2-11(10-12)13(17)15-5-8-18-9-6-15/h1-3,10,14,16H,4-9H2. The SMILES string of the molecule is O=C(c1cccc(NCCO)c1)N1CCOCC1. The molecule has 1 fully saturated rings. The first-order chi connectivity index (χ1) is 8.81. The van der Waals surface area contributed by atoms with Gasteiger partial charge in [0.05, 0.1) is 19.8 Å². The first-order valence-corrected chi connectivity index (χ1v) is 6.13. The van der Waals surface area contributed by atoms with Crippen LogP contribution in [0.2, 0.25) is 0 Å². The molecule has 0 bridgehead atoms. The molecule has 1 heterocycles. The van der Waals surface area contributed by atoms with Gasteiger partial charge in [-0.3, -0.25) is 4.79 Å². The molecule has 2 rings (SSSR count). The van der Waals surface area contributed by atoms with Crippen LogP contribution in [0.15, 0.2) is 24.3 Å². The van der Waals surface area contributed by atoms with Gasteiger partial charge < -0.3 is 20.1 Å². The lowest BCUT2D eigenvalue weighted by molar-refractivity contribution is 0.0303. The minimum Gasteiger partial charge on any atom is -0.395 e. The van der Waals surface area contributed by atoms with Crippen LogP contribution in [0, 0.1) is 0 Å². The second kappa shape index (κ2) is 6.37. The highest BCUT2D eigenvalue weighted by molar-refractivity contribution is 5.95. The zero-order valence-electron chi connectivity index (χ0n) is 10.3. The number of aliphatic hydroxyl groups excluding tert-OH is 1. The molecular weight excluding hydrogens is 232 g/mol. The van der Waals surface area contributed by atoms with Crippen molar-refractivity contribution in [3.05, 3.63) is 29.8 Å². The zero-order chi connectivity index (χ0) is 12.8. The summed E-state index contributed by atoms with van der Waals surface area (Å²) < 4.78 is 5.23. The van der Waals surface area contributed by atoms with E-state index in [9.17, 15) is 4.79 Å². The van der Waals surface area contributed by atoms with Crippen LogP contribution in [0.1, 0.15) is 10.4 Å². The quantitative estimate of drug-likeness (QED) is 0.820. The zero-order valence-corrected chi connectivity index (χ0v) is 10.3. The molecule has 98 valence electrons. The minimum atomic E-state index is 0.0333. The van der Waals surface area contributed by atoms with Gasteiger partial charge in [0.1, 0.15) is 0 Å². The number of nitrogens with zero attached hydrogens (tertiary/aromatic N) is 1. The van der Waals surface area contributed by atoms with E-state index in [0.29, 0.717) is 38.4 Å². The maximum absolute atomic E-state index is 12.2. The lowest BCUT2D eigenvalue weighted by atomic mass is 10.1. The molecule has 0 spiro atoms. The predicted molar refractivity (Wildman–Crippen MR) is 68.7 cm³/mol. The molecule has 2 N–H and O–H groups in total. The monoisotopic (exact) mass is 250 g/mol. The lowest BCUT2D eigenvalue weighted by Gasteiger charge is -2.27. The number of carbonyl (C=O) groups is 1. The normalized spacial score (nSPS) is 15.5. The summed E-state index contributed by atoms with van der Waals surface area (Å²) in [5.74, 6) is 0.0333. The number of hydrogen-bond donors (Lipinski definition) is 2. The summed E-state index contributed by atoms with van der Waals surface area (Å²) in [5, 5.41) is 11.8. The summed E-state index contributed by atoms with van der Waals surface area (Å²) in [7, 11) is 0. The number of rotatable bonds is 4. The summed E-state index contributed by atoms with van der Waals surface area (Å²) in [6, 6.07) is 7.34. The van der Waals surface area contributed by atoms with Crippen molar-refractivity contribution in [2.24, 2.45) is 0 Å². The van der Waals surface area contributed by atoms with E-state index in [1.807, 2.05) is 24.3 Å². The summed E-state index contributed by atoms with van der Waals surface area (Å²) in [6.45, 7) is 3.06. The first kappa shape index (κ1) is 12.9. The Bertz CT molecular complexity index is 403. The number of amides is 1. The molecule has 5 nitrogen and oxygen atoms in total. The molecule has 1 amide bonds. The molecule has 1 saturated heterocycles. The van der Waals surface area contributed by atoms with E-state index in [-0.39, 0.29) is 12.5 Å². The number of ether oxygens (including phenoxy) is 1. The number of nitrogens with one attached hydrogen (secondary N) is 1. The summed E-state index contributed by atoms with van der Waals surface area (Å²) in [6.07, 6.45) is 0. The molecule has 1 aromatic carbocycles. The Labute approximate surface area is 106 Å². The third-order valence-electron chi connectivity index (χ3n) is 2.85. The number of carbonyl (C=O) groups excluding carboxylic acids is 1. The lowest BCUT2D eigenvalue weighted by Crippen LogP contribution is -2.40. The van der Waals surface area contributed by atoms with E-state index in [1.165, 1.54) is 0 Å². The van der Waals surface area contributed by atoms with E-state index in [1.54, 1.807) is 4.90 Å². The molecule has 1 aromatic rings. The second-order valence-electron chi connectivity index (χ2n) is 4.14. The number of benzene rings is 1. The highest BCUT2D eigenvalue weighted by Crippen LogP contribution is 2.13.